The van der Waals surface area contributed by atoms with E-state index in [2.05, 4.69) is 20.9 Å². The topological polar surface area (TPSA) is 50.2 Å². The van der Waals surface area contributed by atoms with E-state index in [9.17, 15) is 4.79 Å². The molecule has 0 bridgehead atoms. The van der Waals surface area contributed by atoms with Crippen LogP contribution in [-0.4, -0.2) is 21.4 Å². The molecule has 3 nitrogen and oxygen atoms in total. The number of hydrogen-bond donors (Lipinski definition) is 1. The van der Waals surface area contributed by atoms with Gasteiger partial charge in [-0.25, -0.2) is 4.98 Å². The standard InChI is InChI=1S/C7H8BrNO2S/c8-2-1-6-5(3-7(10)11)9-4-12-6/h4H,1-3H2,(H,10,11). The first-order valence-corrected chi connectivity index (χ1v) is 5.43. The second kappa shape index (κ2) is 4.57. The van der Waals surface area contributed by atoms with Crippen LogP contribution >= 0.6 is 27.3 Å². The molecule has 0 amide bonds. The molecule has 0 atom stereocenters. The Morgan fingerprint density at radius 1 is 1.75 bits per heavy atom. The predicted molar refractivity (Wildman–Crippen MR) is 51.0 cm³/mol. The number of aliphatic carboxylic acids is 1. The summed E-state index contributed by atoms with van der Waals surface area (Å²) >= 11 is 4.81. The third-order valence-electron chi connectivity index (χ3n) is 1.37. The minimum Gasteiger partial charge on any atom is -0.481 e. The maximum Gasteiger partial charge on any atom is 0.309 e. The molecule has 1 rings (SSSR count). The molecule has 12 heavy (non-hydrogen) atoms. The van der Waals surface area contributed by atoms with E-state index in [0.29, 0.717) is 5.69 Å². The van der Waals surface area contributed by atoms with Crippen molar-refractivity contribution >= 4 is 33.2 Å². The largest absolute Gasteiger partial charge is 0.481 e. The molecular formula is C7H8BrNO2S. The zero-order valence-electron chi connectivity index (χ0n) is 6.29. The quantitative estimate of drug-likeness (QED) is 0.827. The predicted octanol–water partition coefficient (Wildman–Crippen LogP) is 1.71. The van der Waals surface area contributed by atoms with Crippen LogP contribution in [0.3, 0.4) is 0 Å². The summed E-state index contributed by atoms with van der Waals surface area (Å²) in [6.45, 7) is 0. The van der Waals surface area contributed by atoms with Crippen LogP contribution in [0.2, 0.25) is 0 Å². The zero-order chi connectivity index (χ0) is 8.97. The van der Waals surface area contributed by atoms with Gasteiger partial charge in [0, 0.05) is 10.2 Å². The lowest BCUT2D eigenvalue weighted by molar-refractivity contribution is -0.136. The fourth-order valence-corrected chi connectivity index (χ4v) is 2.32. The summed E-state index contributed by atoms with van der Waals surface area (Å²) in [6, 6.07) is 0. The summed E-state index contributed by atoms with van der Waals surface area (Å²) in [7, 11) is 0. The minimum atomic E-state index is -0.822. The van der Waals surface area contributed by atoms with Crippen molar-refractivity contribution < 1.29 is 9.90 Å². The van der Waals surface area contributed by atoms with Gasteiger partial charge in [-0.2, -0.15) is 0 Å². The number of carboxylic acids is 1. The maximum atomic E-state index is 10.4. The number of thiazole rings is 1. The fourth-order valence-electron chi connectivity index (χ4n) is 0.870. The molecule has 0 saturated heterocycles. The van der Waals surface area contributed by atoms with Gasteiger partial charge in [0.25, 0.3) is 0 Å². The summed E-state index contributed by atoms with van der Waals surface area (Å²) in [5.74, 6) is -0.822. The molecule has 1 N–H and O–H groups in total. The van der Waals surface area contributed by atoms with Crippen LogP contribution < -0.4 is 0 Å². The third kappa shape index (κ3) is 2.57. The highest BCUT2D eigenvalue weighted by Crippen LogP contribution is 2.15. The van der Waals surface area contributed by atoms with Crippen molar-refractivity contribution in [2.45, 2.75) is 12.8 Å². The van der Waals surface area contributed by atoms with Crippen molar-refractivity contribution in [2.75, 3.05) is 5.33 Å². The second-order valence-electron chi connectivity index (χ2n) is 2.23. The molecule has 0 spiro atoms. The van der Waals surface area contributed by atoms with Crippen LogP contribution in [0.15, 0.2) is 5.51 Å². The maximum absolute atomic E-state index is 10.4. The van der Waals surface area contributed by atoms with Gasteiger partial charge in [-0.15, -0.1) is 11.3 Å². The van der Waals surface area contributed by atoms with Crippen LogP contribution in [0, 0.1) is 0 Å². The first-order valence-electron chi connectivity index (χ1n) is 3.43. The van der Waals surface area contributed by atoms with Crippen molar-refractivity contribution in [2.24, 2.45) is 0 Å². The molecule has 0 aromatic carbocycles. The van der Waals surface area contributed by atoms with Crippen molar-refractivity contribution in [3.8, 4) is 0 Å². The van der Waals surface area contributed by atoms with Gasteiger partial charge < -0.3 is 5.11 Å². The first-order chi connectivity index (χ1) is 5.74. The molecule has 0 saturated carbocycles. The van der Waals surface area contributed by atoms with E-state index in [1.807, 2.05) is 0 Å². The summed E-state index contributed by atoms with van der Waals surface area (Å²) in [5.41, 5.74) is 2.39. The van der Waals surface area contributed by atoms with Gasteiger partial charge in [0.05, 0.1) is 17.6 Å². The lowest BCUT2D eigenvalue weighted by Gasteiger charge is -1.95. The van der Waals surface area contributed by atoms with Crippen LogP contribution in [0.5, 0.6) is 0 Å². The lowest BCUT2D eigenvalue weighted by Crippen LogP contribution is -2.02. The van der Waals surface area contributed by atoms with Crippen molar-refractivity contribution in [3.05, 3.63) is 16.1 Å². The molecule has 5 heteroatoms. The SMILES string of the molecule is O=C(O)Cc1ncsc1CCBr. The van der Waals surface area contributed by atoms with Gasteiger partial charge in [-0.05, 0) is 6.42 Å². The molecule has 0 fully saturated rings. The molecule has 1 aromatic rings. The zero-order valence-corrected chi connectivity index (χ0v) is 8.69. The fraction of sp³-hybridized carbons (Fsp3) is 0.429. The average molecular weight is 250 g/mol. The number of alkyl halides is 1. The number of carboxylic acid groups (broad SMARTS) is 1. The van der Waals surface area contributed by atoms with E-state index in [0.717, 1.165) is 16.6 Å². The average Bonchev–Trinajstić information content (AvgIpc) is 2.37. The van der Waals surface area contributed by atoms with E-state index >= 15 is 0 Å². The molecule has 66 valence electrons. The highest BCUT2D eigenvalue weighted by atomic mass is 79.9. The van der Waals surface area contributed by atoms with Gasteiger partial charge >= 0.3 is 5.97 Å². The third-order valence-corrected chi connectivity index (χ3v) is 2.70. The number of hydrogen-bond acceptors (Lipinski definition) is 3. The smallest absolute Gasteiger partial charge is 0.309 e. The minimum absolute atomic E-state index is 0.0336. The summed E-state index contributed by atoms with van der Waals surface area (Å²) in [4.78, 5) is 15.4. The monoisotopic (exact) mass is 249 g/mol. The van der Waals surface area contributed by atoms with Crippen LogP contribution in [0.4, 0.5) is 0 Å². The van der Waals surface area contributed by atoms with Gasteiger partial charge in [0.15, 0.2) is 0 Å². The molecule has 0 unspecified atom stereocenters. The van der Waals surface area contributed by atoms with E-state index in [1.165, 1.54) is 11.3 Å². The second-order valence-corrected chi connectivity index (χ2v) is 3.96. The number of halogens is 1. The first kappa shape index (κ1) is 9.67. The van der Waals surface area contributed by atoms with E-state index in [4.69, 9.17) is 5.11 Å². The Morgan fingerprint density at radius 2 is 2.50 bits per heavy atom. The summed E-state index contributed by atoms with van der Waals surface area (Å²) in [5, 5.41) is 9.38. The lowest BCUT2D eigenvalue weighted by atomic mass is 10.2. The highest BCUT2D eigenvalue weighted by molar-refractivity contribution is 9.09. The molecular weight excluding hydrogens is 242 g/mol. The number of carbonyl (C=O) groups is 1. The molecule has 1 aromatic heterocycles. The normalized spacial score (nSPS) is 10.1. The van der Waals surface area contributed by atoms with E-state index in [-0.39, 0.29) is 6.42 Å². The van der Waals surface area contributed by atoms with Crippen LogP contribution in [0.25, 0.3) is 0 Å². The summed E-state index contributed by atoms with van der Waals surface area (Å²) in [6.07, 6.45) is 0.888. The van der Waals surface area contributed by atoms with Gasteiger partial charge in [-0.1, -0.05) is 15.9 Å². The van der Waals surface area contributed by atoms with Crippen molar-refractivity contribution in [3.63, 3.8) is 0 Å². The number of rotatable bonds is 4. The van der Waals surface area contributed by atoms with Gasteiger partial charge in [-0.3, -0.25) is 4.79 Å². The molecule has 0 aliphatic rings. The number of aryl methyl sites for hydroxylation is 1. The van der Waals surface area contributed by atoms with Gasteiger partial charge in [0.2, 0.25) is 0 Å². The summed E-state index contributed by atoms with van der Waals surface area (Å²) < 4.78 is 0. The van der Waals surface area contributed by atoms with E-state index < -0.39 is 5.97 Å². The number of nitrogens with zero attached hydrogens (tertiary/aromatic N) is 1. The molecule has 0 aliphatic carbocycles. The van der Waals surface area contributed by atoms with E-state index in [1.54, 1.807) is 5.51 Å². The number of aromatic nitrogens is 1. The Balaban J connectivity index is 2.69. The Hall–Kier alpha value is -0.420. The van der Waals surface area contributed by atoms with Crippen LogP contribution in [-0.2, 0) is 17.6 Å². The van der Waals surface area contributed by atoms with Gasteiger partial charge in [0.1, 0.15) is 0 Å². The van der Waals surface area contributed by atoms with Crippen molar-refractivity contribution in [1.29, 1.82) is 0 Å². The Bertz CT molecular complexity index is 274. The highest BCUT2D eigenvalue weighted by Gasteiger charge is 2.08. The van der Waals surface area contributed by atoms with Crippen LogP contribution in [0.1, 0.15) is 10.6 Å². The molecule has 1 heterocycles. The Labute approximate surface area is 82.6 Å². The molecule has 0 radical (unpaired) electrons. The molecule has 0 aliphatic heterocycles. The van der Waals surface area contributed by atoms with Crippen molar-refractivity contribution in [1.82, 2.24) is 4.98 Å². The Kier molecular flexibility index (Phi) is 3.68. The Morgan fingerprint density at radius 3 is 3.08 bits per heavy atom.